The van der Waals surface area contributed by atoms with Gasteiger partial charge in [-0.25, -0.2) is 4.79 Å². The van der Waals surface area contributed by atoms with E-state index in [1.807, 2.05) is 45.2 Å². The van der Waals surface area contributed by atoms with Gasteiger partial charge in [-0.15, -0.1) is 0 Å². The molecule has 9 heteroatoms. The van der Waals surface area contributed by atoms with Crippen LogP contribution in [0, 0.1) is 11.8 Å². The lowest BCUT2D eigenvalue weighted by Crippen LogP contribution is -2.51. The van der Waals surface area contributed by atoms with E-state index in [9.17, 15) is 19.8 Å². The van der Waals surface area contributed by atoms with Crippen LogP contribution < -0.4 is 0 Å². The van der Waals surface area contributed by atoms with Crippen molar-refractivity contribution in [3.63, 3.8) is 0 Å². The van der Waals surface area contributed by atoms with Crippen LogP contribution in [0.5, 0.6) is 0 Å². The molecule has 4 rings (SSSR count). The molecule has 0 radical (unpaired) electrons. The SMILES string of the molecule is C/C=C(\C)[C@H]1OC(=O)C[C@H](O)CC[C@@](C)(O)[C@@H](OC(=O)N2CCC(N3CCCC(C[C@@H](C)c4ccccn4)C3)CC2)/C=C/[C@@H]1C. The minimum Gasteiger partial charge on any atom is -0.457 e. The van der Waals surface area contributed by atoms with E-state index in [4.69, 9.17) is 9.47 Å². The van der Waals surface area contributed by atoms with E-state index in [0.717, 1.165) is 37.9 Å². The highest BCUT2D eigenvalue weighted by Gasteiger charge is 2.38. The van der Waals surface area contributed by atoms with Crippen molar-refractivity contribution in [2.24, 2.45) is 11.8 Å². The summed E-state index contributed by atoms with van der Waals surface area (Å²) >= 11 is 0. The molecule has 0 spiro atoms. The summed E-state index contributed by atoms with van der Waals surface area (Å²) in [5, 5.41) is 21.9. The lowest BCUT2D eigenvalue weighted by Gasteiger charge is -2.43. The van der Waals surface area contributed by atoms with E-state index < -0.39 is 36.0 Å². The molecule has 250 valence electrons. The van der Waals surface area contributed by atoms with Crippen LogP contribution in [0.4, 0.5) is 4.79 Å². The minimum absolute atomic E-state index is 0.152. The quantitative estimate of drug-likeness (QED) is 0.309. The second-order valence-electron chi connectivity index (χ2n) is 13.9. The Kier molecular flexibility index (Phi) is 12.6. The van der Waals surface area contributed by atoms with Gasteiger partial charge in [0.05, 0.1) is 12.5 Å². The standard InChI is InChI=1S/C36H55N3O6/c1-6-25(2)34-26(3)12-13-32(36(5,43)17-14-30(40)23-33(41)45-34)44-35(42)38-20-15-29(16-21-38)39-19-9-10-28(24-39)22-27(4)31-11-7-8-18-37-31/h6-8,11-13,18,26-30,32,34,40,43H,9-10,14-17,19-24H2,1-5H3/b13-12+,25-6+/t26-,27+,28?,30+,32-,34+,36+/m0/s1. The van der Waals surface area contributed by atoms with Crippen LogP contribution in [0.2, 0.25) is 0 Å². The van der Waals surface area contributed by atoms with Gasteiger partial charge in [0, 0.05) is 43.5 Å². The molecule has 2 N–H and O–H groups in total. The second-order valence-corrected chi connectivity index (χ2v) is 13.9. The number of esters is 1. The highest BCUT2D eigenvalue weighted by Crippen LogP contribution is 2.31. The molecular weight excluding hydrogens is 570 g/mol. The largest absolute Gasteiger partial charge is 0.457 e. The molecule has 2 fully saturated rings. The van der Waals surface area contributed by atoms with Crippen LogP contribution in [-0.4, -0.2) is 93.2 Å². The van der Waals surface area contributed by atoms with Gasteiger partial charge in [-0.05, 0) is 108 Å². The smallest absolute Gasteiger partial charge is 0.410 e. The molecule has 1 amide bonds. The second kappa shape index (κ2) is 16.2. The Hall–Kier alpha value is -2.75. The number of piperidine rings is 2. The zero-order valence-electron chi connectivity index (χ0n) is 27.9. The molecule has 2 saturated heterocycles. The number of hydrogen-bond donors (Lipinski definition) is 2. The summed E-state index contributed by atoms with van der Waals surface area (Å²) in [6.07, 6.45) is 10.1. The third-order valence-electron chi connectivity index (χ3n) is 10.1. The first-order valence-electron chi connectivity index (χ1n) is 17.0. The van der Waals surface area contributed by atoms with Gasteiger partial charge in [-0.1, -0.05) is 32.1 Å². The maximum Gasteiger partial charge on any atom is 0.410 e. The molecular formula is C36H55N3O6. The minimum atomic E-state index is -1.42. The first-order chi connectivity index (χ1) is 21.5. The number of aliphatic hydroxyl groups is 2. The van der Waals surface area contributed by atoms with Crippen molar-refractivity contribution in [2.75, 3.05) is 26.2 Å². The van der Waals surface area contributed by atoms with Gasteiger partial charge >= 0.3 is 12.1 Å². The van der Waals surface area contributed by atoms with Crippen LogP contribution in [0.1, 0.15) is 97.6 Å². The normalized spacial score (nSPS) is 33.0. The number of amides is 1. The van der Waals surface area contributed by atoms with E-state index in [0.29, 0.717) is 31.0 Å². The van der Waals surface area contributed by atoms with Crippen molar-refractivity contribution < 1.29 is 29.3 Å². The van der Waals surface area contributed by atoms with Gasteiger partial charge in [0.1, 0.15) is 11.7 Å². The number of carbonyl (C=O) groups excluding carboxylic acids is 2. The maximum absolute atomic E-state index is 13.4. The first-order valence-corrected chi connectivity index (χ1v) is 17.0. The van der Waals surface area contributed by atoms with Gasteiger partial charge in [0.25, 0.3) is 0 Å². The Balaban J connectivity index is 1.35. The highest BCUT2D eigenvalue weighted by atomic mass is 16.6. The Morgan fingerprint density at radius 3 is 2.64 bits per heavy atom. The average molecular weight is 626 g/mol. The summed E-state index contributed by atoms with van der Waals surface area (Å²) in [7, 11) is 0. The number of allylic oxidation sites excluding steroid dienone is 1. The van der Waals surface area contributed by atoms with Gasteiger partial charge in [-0.3, -0.25) is 14.7 Å². The average Bonchev–Trinajstić information content (AvgIpc) is 3.04. The molecule has 7 atom stereocenters. The molecule has 4 heterocycles. The fourth-order valence-electron chi connectivity index (χ4n) is 7.12. The van der Waals surface area contributed by atoms with E-state index >= 15 is 0 Å². The van der Waals surface area contributed by atoms with Gasteiger partial charge < -0.3 is 24.6 Å². The van der Waals surface area contributed by atoms with Crippen molar-refractivity contribution in [1.29, 1.82) is 0 Å². The van der Waals surface area contributed by atoms with Crippen LogP contribution in [0.25, 0.3) is 0 Å². The van der Waals surface area contributed by atoms with E-state index in [2.05, 4.69) is 28.9 Å². The molecule has 0 aromatic carbocycles. The monoisotopic (exact) mass is 625 g/mol. The number of hydrogen-bond acceptors (Lipinski definition) is 8. The van der Waals surface area contributed by atoms with Crippen LogP contribution in [-0.2, 0) is 14.3 Å². The summed E-state index contributed by atoms with van der Waals surface area (Å²) < 4.78 is 11.7. The summed E-state index contributed by atoms with van der Waals surface area (Å²) in [5.74, 6) is 0.387. The van der Waals surface area contributed by atoms with Gasteiger partial charge in [-0.2, -0.15) is 0 Å². The van der Waals surface area contributed by atoms with Crippen LogP contribution in [0.15, 0.2) is 48.2 Å². The van der Waals surface area contributed by atoms with E-state index in [-0.39, 0.29) is 25.2 Å². The Morgan fingerprint density at radius 2 is 1.96 bits per heavy atom. The van der Waals surface area contributed by atoms with Crippen LogP contribution >= 0.6 is 0 Å². The van der Waals surface area contributed by atoms with Crippen molar-refractivity contribution in [1.82, 2.24) is 14.8 Å². The van der Waals surface area contributed by atoms with E-state index in [1.54, 1.807) is 17.9 Å². The predicted molar refractivity (Wildman–Crippen MR) is 175 cm³/mol. The number of aromatic nitrogens is 1. The molecule has 0 aliphatic carbocycles. The Morgan fingerprint density at radius 1 is 1.20 bits per heavy atom. The summed E-state index contributed by atoms with van der Waals surface area (Å²) in [6.45, 7) is 13.0. The third-order valence-corrected chi connectivity index (χ3v) is 10.1. The molecule has 1 unspecified atom stereocenters. The number of nitrogens with zero attached hydrogens (tertiary/aromatic N) is 3. The summed E-state index contributed by atoms with van der Waals surface area (Å²) in [5.41, 5.74) is 0.630. The number of carbonyl (C=O) groups is 2. The molecule has 0 saturated carbocycles. The van der Waals surface area contributed by atoms with Crippen molar-refractivity contribution in [2.45, 2.75) is 122 Å². The Labute approximate surface area is 269 Å². The molecule has 1 aromatic heterocycles. The van der Waals surface area contributed by atoms with E-state index in [1.165, 1.54) is 18.5 Å². The fourth-order valence-corrected chi connectivity index (χ4v) is 7.12. The lowest BCUT2D eigenvalue weighted by molar-refractivity contribution is -0.151. The lowest BCUT2D eigenvalue weighted by atomic mass is 9.86. The number of likely N-dealkylation sites (tertiary alicyclic amines) is 2. The van der Waals surface area contributed by atoms with Crippen molar-refractivity contribution in [3.8, 4) is 0 Å². The number of pyridine rings is 1. The predicted octanol–water partition coefficient (Wildman–Crippen LogP) is 5.62. The molecule has 0 bridgehead atoms. The number of aliphatic hydroxyl groups excluding tert-OH is 1. The van der Waals surface area contributed by atoms with Crippen molar-refractivity contribution >= 4 is 12.1 Å². The molecule has 3 aliphatic rings. The highest BCUT2D eigenvalue weighted by molar-refractivity contribution is 5.70. The maximum atomic E-state index is 13.4. The zero-order valence-corrected chi connectivity index (χ0v) is 27.9. The Bertz CT molecular complexity index is 1160. The van der Waals surface area contributed by atoms with Crippen molar-refractivity contribution in [3.05, 3.63) is 53.9 Å². The van der Waals surface area contributed by atoms with Gasteiger partial charge in [0.15, 0.2) is 6.10 Å². The number of ether oxygens (including phenoxy) is 2. The number of cyclic esters (lactones) is 1. The fraction of sp³-hybridized carbons (Fsp3) is 0.694. The third kappa shape index (κ3) is 9.87. The molecule has 3 aliphatic heterocycles. The van der Waals surface area contributed by atoms with Gasteiger partial charge in [0.2, 0.25) is 0 Å². The first kappa shape index (κ1) is 35.1. The summed E-state index contributed by atoms with van der Waals surface area (Å²) in [6, 6.07) is 6.60. The zero-order chi connectivity index (χ0) is 32.6. The molecule has 9 nitrogen and oxygen atoms in total. The molecule has 45 heavy (non-hydrogen) atoms. The molecule has 1 aromatic rings. The topological polar surface area (TPSA) is 112 Å². The summed E-state index contributed by atoms with van der Waals surface area (Å²) in [4.78, 5) is 34.9. The van der Waals surface area contributed by atoms with Crippen LogP contribution in [0.3, 0.4) is 0 Å². The number of rotatable bonds is 6.